The number of nitrogens with one attached hydrogen (secondary N) is 2. The first-order chi connectivity index (χ1) is 11.4. The molecule has 3 rings (SSSR count). The zero-order valence-corrected chi connectivity index (χ0v) is 15.6. The minimum absolute atomic E-state index is 0.106. The van der Waals surface area contributed by atoms with Gasteiger partial charge < -0.3 is 10.3 Å². The summed E-state index contributed by atoms with van der Waals surface area (Å²) in [6.45, 7) is 3.85. The van der Waals surface area contributed by atoms with Crippen LogP contribution in [0.2, 0.25) is 5.02 Å². The van der Waals surface area contributed by atoms with Gasteiger partial charge in [-0.3, -0.25) is 9.59 Å². The van der Waals surface area contributed by atoms with Gasteiger partial charge in [0, 0.05) is 17.1 Å². The Morgan fingerprint density at radius 3 is 2.96 bits per heavy atom. The zero-order valence-electron chi connectivity index (χ0n) is 13.2. The predicted molar refractivity (Wildman–Crippen MR) is 100 cm³/mol. The van der Waals surface area contributed by atoms with Crippen molar-refractivity contribution in [3.05, 3.63) is 49.9 Å². The summed E-state index contributed by atoms with van der Waals surface area (Å²) in [5.41, 5.74) is 4.05. The number of carbonyl (C=O) groups excluding carboxylic acids is 1. The van der Waals surface area contributed by atoms with E-state index in [1.54, 1.807) is 11.8 Å². The molecule has 8 heteroatoms. The van der Waals surface area contributed by atoms with Gasteiger partial charge in [0.25, 0.3) is 5.56 Å². The SMILES string of the molecule is Cc1cc(C)c(NC(=O)CSc2nc3c(c(=O)[nH]2)CSC3)c(Cl)c1. The van der Waals surface area contributed by atoms with E-state index in [1.165, 1.54) is 11.8 Å². The van der Waals surface area contributed by atoms with Gasteiger partial charge in [0.2, 0.25) is 5.91 Å². The summed E-state index contributed by atoms with van der Waals surface area (Å²) in [4.78, 5) is 31.3. The molecule has 0 unspecified atom stereocenters. The number of hydrogen-bond donors (Lipinski definition) is 2. The van der Waals surface area contributed by atoms with E-state index in [4.69, 9.17) is 11.6 Å². The van der Waals surface area contributed by atoms with Crippen LogP contribution in [0.1, 0.15) is 22.4 Å². The lowest BCUT2D eigenvalue weighted by molar-refractivity contribution is -0.113. The average molecular weight is 382 g/mol. The van der Waals surface area contributed by atoms with Crippen molar-refractivity contribution < 1.29 is 4.79 Å². The van der Waals surface area contributed by atoms with Gasteiger partial charge in [-0.05, 0) is 31.0 Å². The summed E-state index contributed by atoms with van der Waals surface area (Å²) < 4.78 is 0. The van der Waals surface area contributed by atoms with Crippen LogP contribution in [0.5, 0.6) is 0 Å². The number of nitrogens with zero attached hydrogens (tertiary/aromatic N) is 1. The van der Waals surface area contributed by atoms with Crippen molar-refractivity contribution >= 4 is 46.7 Å². The Morgan fingerprint density at radius 2 is 2.21 bits per heavy atom. The van der Waals surface area contributed by atoms with Crippen molar-refractivity contribution in [2.45, 2.75) is 30.5 Å². The molecule has 0 fully saturated rings. The lowest BCUT2D eigenvalue weighted by Crippen LogP contribution is -2.18. The third-order valence-electron chi connectivity index (χ3n) is 3.60. The van der Waals surface area contributed by atoms with E-state index in [-0.39, 0.29) is 17.2 Å². The maximum Gasteiger partial charge on any atom is 0.255 e. The van der Waals surface area contributed by atoms with Crippen molar-refractivity contribution in [1.82, 2.24) is 9.97 Å². The van der Waals surface area contributed by atoms with Crippen LogP contribution in [0.15, 0.2) is 22.1 Å². The number of fused-ring (bicyclic) bond motifs is 1. The van der Waals surface area contributed by atoms with Crippen LogP contribution in [-0.4, -0.2) is 21.6 Å². The molecule has 0 spiro atoms. The second kappa shape index (κ2) is 7.21. The average Bonchev–Trinajstić information content (AvgIpc) is 2.98. The highest BCUT2D eigenvalue weighted by atomic mass is 35.5. The summed E-state index contributed by atoms with van der Waals surface area (Å²) in [6, 6.07) is 3.78. The molecule has 126 valence electrons. The Kier molecular flexibility index (Phi) is 5.22. The molecule has 0 bridgehead atoms. The Hall–Kier alpha value is -1.44. The summed E-state index contributed by atoms with van der Waals surface area (Å²) >= 11 is 9.08. The topological polar surface area (TPSA) is 74.8 Å². The Bertz CT molecular complexity index is 844. The first kappa shape index (κ1) is 17.4. The predicted octanol–water partition coefficient (Wildman–Crippen LogP) is 3.52. The summed E-state index contributed by atoms with van der Waals surface area (Å²) in [6.07, 6.45) is 0. The first-order valence-electron chi connectivity index (χ1n) is 7.33. The van der Waals surface area contributed by atoms with Crippen LogP contribution < -0.4 is 10.9 Å². The fourth-order valence-electron chi connectivity index (χ4n) is 2.49. The number of halogens is 1. The number of carbonyl (C=O) groups is 1. The van der Waals surface area contributed by atoms with Crippen molar-refractivity contribution in [3.63, 3.8) is 0 Å². The van der Waals surface area contributed by atoms with Crippen LogP contribution in [0.3, 0.4) is 0 Å². The molecule has 0 saturated heterocycles. The van der Waals surface area contributed by atoms with E-state index >= 15 is 0 Å². The number of aryl methyl sites for hydroxylation is 2. The summed E-state index contributed by atoms with van der Waals surface area (Å²) in [5, 5.41) is 3.82. The molecular formula is C16H16ClN3O2S2. The molecule has 1 aliphatic rings. The number of thioether (sulfide) groups is 2. The van der Waals surface area contributed by atoms with Crippen LogP contribution in [-0.2, 0) is 16.3 Å². The van der Waals surface area contributed by atoms with Gasteiger partial charge in [-0.1, -0.05) is 29.4 Å². The number of benzene rings is 1. The van der Waals surface area contributed by atoms with E-state index in [1.807, 2.05) is 26.0 Å². The summed E-state index contributed by atoms with van der Waals surface area (Å²) in [5.74, 6) is 1.41. The van der Waals surface area contributed by atoms with Gasteiger partial charge in [-0.25, -0.2) is 4.98 Å². The molecule has 0 saturated carbocycles. The van der Waals surface area contributed by atoms with Gasteiger partial charge >= 0.3 is 0 Å². The van der Waals surface area contributed by atoms with Gasteiger partial charge in [0.1, 0.15) is 0 Å². The van der Waals surface area contributed by atoms with Gasteiger partial charge in [-0.2, -0.15) is 11.8 Å². The largest absolute Gasteiger partial charge is 0.324 e. The second-order valence-electron chi connectivity index (χ2n) is 5.56. The molecule has 2 N–H and O–H groups in total. The molecule has 1 aromatic heterocycles. The van der Waals surface area contributed by atoms with Gasteiger partial charge in [0.05, 0.1) is 22.2 Å². The highest BCUT2D eigenvalue weighted by Crippen LogP contribution is 2.28. The van der Waals surface area contributed by atoms with E-state index in [0.717, 1.165) is 28.1 Å². The molecular weight excluding hydrogens is 366 g/mol. The highest BCUT2D eigenvalue weighted by molar-refractivity contribution is 7.99. The zero-order chi connectivity index (χ0) is 17.3. The molecule has 1 amide bonds. The van der Waals surface area contributed by atoms with E-state index in [2.05, 4.69) is 15.3 Å². The van der Waals surface area contributed by atoms with E-state index in [0.29, 0.717) is 21.6 Å². The Morgan fingerprint density at radius 1 is 1.42 bits per heavy atom. The number of anilines is 1. The third-order valence-corrected chi connectivity index (χ3v) is 5.74. The van der Waals surface area contributed by atoms with Crippen LogP contribution in [0.4, 0.5) is 5.69 Å². The minimum atomic E-state index is -0.189. The number of amides is 1. The second-order valence-corrected chi connectivity index (χ2v) is 7.92. The van der Waals surface area contributed by atoms with Crippen molar-refractivity contribution in [1.29, 1.82) is 0 Å². The molecule has 0 radical (unpaired) electrons. The monoisotopic (exact) mass is 381 g/mol. The lowest BCUT2D eigenvalue weighted by atomic mass is 10.1. The fourth-order valence-corrected chi connectivity index (χ4v) is 4.58. The maximum absolute atomic E-state index is 12.2. The maximum atomic E-state index is 12.2. The molecule has 5 nitrogen and oxygen atoms in total. The Balaban J connectivity index is 1.67. The number of aromatic nitrogens is 2. The smallest absolute Gasteiger partial charge is 0.255 e. The normalized spacial score (nSPS) is 13.0. The third kappa shape index (κ3) is 3.79. The summed E-state index contributed by atoms with van der Waals surface area (Å²) in [7, 11) is 0. The van der Waals surface area contributed by atoms with E-state index in [9.17, 15) is 9.59 Å². The molecule has 1 aromatic carbocycles. The fraction of sp³-hybridized carbons (Fsp3) is 0.312. The van der Waals surface area contributed by atoms with Crippen molar-refractivity contribution in [2.75, 3.05) is 11.1 Å². The lowest BCUT2D eigenvalue weighted by Gasteiger charge is -2.11. The molecule has 1 aliphatic heterocycles. The molecule has 2 aromatic rings. The molecule has 0 aliphatic carbocycles. The molecule has 24 heavy (non-hydrogen) atoms. The number of H-pyrrole nitrogens is 1. The quantitative estimate of drug-likeness (QED) is 0.626. The van der Waals surface area contributed by atoms with Crippen LogP contribution in [0.25, 0.3) is 0 Å². The van der Waals surface area contributed by atoms with Gasteiger partial charge in [0.15, 0.2) is 5.16 Å². The highest BCUT2D eigenvalue weighted by Gasteiger charge is 2.18. The van der Waals surface area contributed by atoms with Crippen molar-refractivity contribution in [2.24, 2.45) is 0 Å². The number of aromatic amines is 1. The molecule has 0 atom stereocenters. The van der Waals surface area contributed by atoms with Crippen molar-refractivity contribution in [3.8, 4) is 0 Å². The minimum Gasteiger partial charge on any atom is -0.324 e. The Labute approximate surface area is 153 Å². The molecule has 2 heterocycles. The van der Waals surface area contributed by atoms with Crippen LogP contribution >= 0.6 is 35.1 Å². The van der Waals surface area contributed by atoms with Gasteiger partial charge in [-0.15, -0.1) is 0 Å². The van der Waals surface area contributed by atoms with Crippen LogP contribution in [0, 0.1) is 13.8 Å². The van der Waals surface area contributed by atoms with E-state index < -0.39 is 0 Å². The standard InChI is InChI=1S/C16H16ClN3O2S2/c1-8-3-9(2)14(11(17)4-8)19-13(21)7-24-16-18-12-6-23-5-10(12)15(22)20-16/h3-4H,5-7H2,1-2H3,(H,19,21)(H,18,20,22). The number of rotatable bonds is 4. The first-order valence-corrected chi connectivity index (χ1v) is 9.85. The number of hydrogen-bond acceptors (Lipinski definition) is 5.